The van der Waals surface area contributed by atoms with Crippen LogP contribution in [0.5, 0.6) is 5.88 Å². The van der Waals surface area contributed by atoms with E-state index in [0.29, 0.717) is 19.1 Å². The number of rotatable bonds is 6. The quantitative estimate of drug-likeness (QED) is 0.761. The van der Waals surface area contributed by atoms with Crippen molar-refractivity contribution in [2.75, 3.05) is 20.3 Å². The lowest BCUT2D eigenvalue weighted by atomic mass is 10.1. The van der Waals surface area contributed by atoms with Gasteiger partial charge < -0.3 is 15.2 Å². The topological polar surface area (TPSA) is 57.4 Å². The van der Waals surface area contributed by atoms with Crippen LogP contribution in [0.15, 0.2) is 18.3 Å². The third-order valence-corrected chi connectivity index (χ3v) is 2.04. The van der Waals surface area contributed by atoms with Gasteiger partial charge >= 0.3 is 0 Å². The first kappa shape index (κ1) is 11.9. The maximum atomic E-state index is 5.88. The van der Waals surface area contributed by atoms with Gasteiger partial charge in [-0.25, -0.2) is 4.98 Å². The normalized spacial score (nSPS) is 12.5. The van der Waals surface area contributed by atoms with Crippen LogP contribution in [0.25, 0.3) is 0 Å². The van der Waals surface area contributed by atoms with Crippen LogP contribution in [0.4, 0.5) is 0 Å². The molecule has 0 bridgehead atoms. The zero-order valence-corrected chi connectivity index (χ0v) is 9.27. The molecule has 0 amide bonds. The highest BCUT2D eigenvalue weighted by molar-refractivity contribution is 5.18. The van der Waals surface area contributed by atoms with E-state index in [1.807, 2.05) is 19.1 Å². The molecule has 1 aromatic rings. The van der Waals surface area contributed by atoms with Crippen LogP contribution in [0, 0.1) is 0 Å². The molecule has 2 N–H and O–H groups in total. The number of methoxy groups -OCH3 is 1. The summed E-state index contributed by atoms with van der Waals surface area (Å²) in [6, 6.07) is 3.83. The predicted molar refractivity (Wildman–Crippen MR) is 59.0 cm³/mol. The molecule has 0 radical (unpaired) electrons. The van der Waals surface area contributed by atoms with Crippen molar-refractivity contribution >= 4 is 0 Å². The van der Waals surface area contributed by atoms with Crippen LogP contribution in [0.1, 0.15) is 12.5 Å². The first-order valence-corrected chi connectivity index (χ1v) is 5.08. The second-order valence-corrected chi connectivity index (χ2v) is 3.33. The Morgan fingerprint density at radius 3 is 2.80 bits per heavy atom. The molecular formula is C11H18N2O2. The largest absolute Gasteiger partial charge is 0.481 e. The van der Waals surface area contributed by atoms with Gasteiger partial charge in [0.2, 0.25) is 5.88 Å². The van der Waals surface area contributed by atoms with E-state index in [2.05, 4.69) is 4.98 Å². The molecule has 1 atom stereocenters. The van der Waals surface area contributed by atoms with E-state index in [0.717, 1.165) is 12.0 Å². The fourth-order valence-electron chi connectivity index (χ4n) is 1.28. The number of pyridine rings is 1. The standard InChI is InChI=1S/C11H18N2O2/c1-3-15-8-10(12)6-9-4-5-11(14-2)13-7-9/h4-5,7,10H,3,6,8,12H2,1-2H3. The van der Waals surface area contributed by atoms with Crippen molar-refractivity contribution in [1.82, 2.24) is 4.98 Å². The maximum absolute atomic E-state index is 5.88. The highest BCUT2D eigenvalue weighted by Crippen LogP contribution is 2.08. The number of nitrogens with two attached hydrogens (primary N) is 1. The minimum absolute atomic E-state index is 0.0279. The molecule has 1 aromatic heterocycles. The molecule has 0 saturated carbocycles. The van der Waals surface area contributed by atoms with E-state index in [1.165, 1.54) is 0 Å². The SMILES string of the molecule is CCOCC(N)Cc1ccc(OC)nc1. The first-order valence-electron chi connectivity index (χ1n) is 5.08. The minimum atomic E-state index is 0.0279. The minimum Gasteiger partial charge on any atom is -0.481 e. The van der Waals surface area contributed by atoms with E-state index in [1.54, 1.807) is 13.3 Å². The van der Waals surface area contributed by atoms with Crippen molar-refractivity contribution in [3.63, 3.8) is 0 Å². The molecule has 1 rings (SSSR count). The summed E-state index contributed by atoms with van der Waals surface area (Å²) in [4.78, 5) is 4.11. The molecule has 15 heavy (non-hydrogen) atoms. The average molecular weight is 210 g/mol. The summed E-state index contributed by atoms with van der Waals surface area (Å²) >= 11 is 0. The molecule has 0 aliphatic carbocycles. The van der Waals surface area contributed by atoms with Gasteiger partial charge in [0.1, 0.15) is 0 Å². The van der Waals surface area contributed by atoms with Crippen molar-refractivity contribution in [2.45, 2.75) is 19.4 Å². The Balaban J connectivity index is 2.42. The van der Waals surface area contributed by atoms with Gasteiger partial charge in [0, 0.05) is 24.9 Å². The van der Waals surface area contributed by atoms with Gasteiger partial charge in [0.05, 0.1) is 13.7 Å². The lowest BCUT2D eigenvalue weighted by Crippen LogP contribution is -2.28. The van der Waals surface area contributed by atoms with Crippen LogP contribution in [0.2, 0.25) is 0 Å². The molecule has 84 valence electrons. The Hall–Kier alpha value is -1.13. The molecule has 0 spiro atoms. The molecule has 4 heteroatoms. The van der Waals surface area contributed by atoms with Crippen molar-refractivity contribution < 1.29 is 9.47 Å². The second kappa shape index (κ2) is 6.37. The maximum Gasteiger partial charge on any atom is 0.212 e. The van der Waals surface area contributed by atoms with Gasteiger partial charge in [-0.15, -0.1) is 0 Å². The van der Waals surface area contributed by atoms with Gasteiger partial charge in [-0.05, 0) is 18.9 Å². The average Bonchev–Trinajstić information content (AvgIpc) is 2.27. The van der Waals surface area contributed by atoms with E-state index in [9.17, 15) is 0 Å². The molecule has 0 aromatic carbocycles. The van der Waals surface area contributed by atoms with Gasteiger partial charge in [0.25, 0.3) is 0 Å². The summed E-state index contributed by atoms with van der Waals surface area (Å²) in [5.41, 5.74) is 6.98. The Labute approximate surface area is 90.4 Å². The van der Waals surface area contributed by atoms with E-state index >= 15 is 0 Å². The number of aromatic nitrogens is 1. The van der Waals surface area contributed by atoms with Crippen LogP contribution in [0.3, 0.4) is 0 Å². The van der Waals surface area contributed by atoms with Gasteiger partial charge in [0.15, 0.2) is 0 Å². The van der Waals surface area contributed by atoms with Crippen LogP contribution >= 0.6 is 0 Å². The van der Waals surface area contributed by atoms with Crippen molar-refractivity contribution in [3.05, 3.63) is 23.9 Å². The zero-order valence-electron chi connectivity index (χ0n) is 9.27. The van der Waals surface area contributed by atoms with Gasteiger partial charge in [-0.1, -0.05) is 6.07 Å². The van der Waals surface area contributed by atoms with Crippen molar-refractivity contribution in [3.8, 4) is 5.88 Å². The summed E-state index contributed by atoms with van der Waals surface area (Å²) in [6.45, 7) is 3.25. The van der Waals surface area contributed by atoms with Gasteiger partial charge in [-0.2, -0.15) is 0 Å². The van der Waals surface area contributed by atoms with Crippen molar-refractivity contribution in [2.24, 2.45) is 5.73 Å². The third kappa shape index (κ3) is 4.27. The highest BCUT2D eigenvalue weighted by atomic mass is 16.5. The second-order valence-electron chi connectivity index (χ2n) is 3.33. The summed E-state index contributed by atoms with van der Waals surface area (Å²) in [7, 11) is 1.60. The summed E-state index contributed by atoms with van der Waals surface area (Å²) in [5.74, 6) is 0.622. The third-order valence-electron chi connectivity index (χ3n) is 2.04. The lowest BCUT2D eigenvalue weighted by molar-refractivity contribution is 0.133. The molecule has 0 saturated heterocycles. The number of hydrogen-bond acceptors (Lipinski definition) is 4. The Morgan fingerprint density at radius 2 is 2.27 bits per heavy atom. The molecule has 1 heterocycles. The zero-order chi connectivity index (χ0) is 11.1. The molecule has 4 nitrogen and oxygen atoms in total. The Kier molecular flexibility index (Phi) is 5.07. The fourth-order valence-corrected chi connectivity index (χ4v) is 1.28. The fraction of sp³-hybridized carbons (Fsp3) is 0.545. The molecule has 0 aliphatic heterocycles. The van der Waals surface area contributed by atoms with E-state index < -0.39 is 0 Å². The monoisotopic (exact) mass is 210 g/mol. The number of hydrogen-bond donors (Lipinski definition) is 1. The lowest BCUT2D eigenvalue weighted by Gasteiger charge is -2.11. The molecular weight excluding hydrogens is 192 g/mol. The van der Waals surface area contributed by atoms with Crippen LogP contribution in [-0.4, -0.2) is 31.3 Å². The van der Waals surface area contributed by atoms with E-state index in [-0.39, 0.29) is 6.04 Å². The van der Waals surface area contributed by atoms with Crippen LogP contribution in [-0.2, 0) is 11.2 Å². The Bertz CT molecular complexity index is 274. The molecule has 1 unspecified atom stereocenters. The first-order chi connectivity index (χ1) is 7.26. The Morgan fingerprint density at radius 1 is 1.47 bits per heavy atom. The highest BCUT2D eigenvalue weighted by Gasteiger charge is 2.04. The van der Waals surface area contributed by atoms with E-state index in [4.69, 9.17) is 15.2 Å². The van der Waals surface area contributed by atoms with Gasteiger partial charge in [-0.3, -0.25) is 0 Å². The molecule has 0 fully saturated rings. The summed E-state index contributed by atoms with van der Waals surface area (Å²) in [5, 5.41) is 0. The predicted octanol–water partition coefficient (Wildman–Crippen LogP) is 0.996. The number of ether oxygens (including phenoxy) is 2. The van der Waals surface area contributed by atoms with Crippen LogP contribution < -0.4 is 10.5 Å². The summed E-state index contributed by atoms with van der Waals surface area (Å²) < 4.78 is 10.2. The molecule has 0 aliphatic rings. The summed E-state index contributed by atoms with van der Waals surface area (Å²) in [6.07, 6.45) is 2.56. The smallest absolute Gasteiger partial charge is 0.212 e. The number of nitrogens with zero attached hydrogens (tertiary/aromatic N) is 1. The van der Waals surface area contributed by atoms with Crippen molar-refractivity contribution in [1.29, 1.82) is 0 Å².